The van der Waals surface area contributed by atoms with Gasteiger partial charge in [0.1, 0.15) is 19.3 Å². The molecule has 0 heterocycles. The van der Waals surface area contributed by atoms with Crippen LogP contribution >= 0.6 is 31.9 Å². The van der Waals surface area contributed by atoms with Crippen molar-refractivity contribution >= 4 is 37.8 Å². The van der Waals surface area contributed by atoms with E-state index >= 15 is 0 Å². The maximum absolute atomic E-state index is 11.6. The lowest BCUT2D eigenvalue weighted by Crippen LogP contribution is -2.04. The lowest BCUT2D eigenvalue weighted by atomic mass is 10.2. The Morgan fingerprint density at radius 2 is 1.30 bits per heavy atom. The molecule has 0 aliphatic carbocycles. The minimum atomic E-state index is -0.666. The predicted octanol–water partition coefficient (Wildman–Crippen LogP) is 4.87. The van der Waals surface area contributed by atoms with E-state index in [0.717, 1.165) is 26.1 Å². The molecule has 0 unspecified atom stereocenters. The molecule has 0 saturated heterocycles. The maximum Gasteiger partial charge on any atom is 0.338 e. The van der Waals surface area contributed by atoms with Gasteiger partial charge in [-0.25, -0.2) is 4.79 Å². The average molecular weight is 442 g/mol. The number of halogens is 2. The van der Waals surface area contributed by atoms with E-state index in [2.05, 4.69) is 31.9 Å². The van der Waals surface area contributed by atoms with Gasteiger partial charge in [-0.1, -0.05) is 56.1 Å². The summed E-state index contributed by atoms with van der Waals surface area (Å²) >= 11 is 6.66. The zero-order valence-corrected chi connectivity index (χ0v) is 15.2. The Kier molecular flexibility index (Phi) is 6.67. The SMILES string of the molecule is O=C(C=C(O)OCc1ccc(Br)cc1)OCc1ccc(Br)cc1. The first-order valence-electron chi connectivity index (χ1n) is 6.72. The number of rotatable bonds is 6. The van der Waals surface area contributed by atoms with Gasteiger partial charge in [0.25, 0.3) is 5.95 Å². The molecule has 2 aromatic carbocycles. The van der Waals surface area contributed by atoms with Gasteiger partial charge >= 0.3 is 5.97 Å². The third kappa shape index (κ3) is 6.46. The van der Waals surface area contributed by atoms with Crippen LogP contribution in [0.3, 0.4) is 0 Å². The van der Waals surface area contributed by atoms with E-state index in [1.807, 2.05) is 48.5 Å². The van der Waals surface area contributed by atoms with E-state index < -0.39 is 11.9 Å². The van der Waals surface area contributed by atoms with Crippen molar-refractivity contribution in [1.82, 2.24) is 0 Å². The summed E-state index contributed by atoms with van der Waals surface area (Å²) in [6.45, 7) is 0.290. The van der Waals surface area contributed by atoms with Crippen molar-refractivity contribution in [3.8, 4) is 0 Å². The van der Waals surface area contributed by atoms with Gasteiger partial charge in [-0.05, 0) is 35.4 Å². The summed E-state index contributed by atoms with van der Waals surface area (Å²) in [4.78, 5) is 11.6. The van der Waals surface area contributed by atoms with E-state index in [-0.39, 0.29) is 13.2 Å². The highest BCUT2D eigenvalue weighted by molar-refractivity contribution is 9.10. The van der Waals surface area contributed by atoms with Gasteiger partial charge in [0, 0.05) is 8.95 Å². The maximum atomic E-state index is 11.6. The Hall–Kier alpha value is -1.79. The van der Waals surface area contributed by atoms with Crippen LogP contribution in [-0.4, -0.2) is 11.1 Å². The quantitative estimate of drug-likeness (QED) is 0.394. The summed E-state index contributed by atoms with van der Waals surface area (Å²) in [7, 11) is 0. The van der Waals surface area contributed by atoms with Crippen molar-refractivity contribution < 1.29 is 19.4 Å². The zero-order chi connectivity index (χ0) is 16.7. The molecule has 2 rings (SSSR count). The molecule has 4 nitrogen and oxygen atoms in total. The third-order valence-electron chi connectivity index (χ3n) is 2.84. The van der Waals surface area contributed by atoms with Crippen LogP contribution in [0, 0.1) is 0 Å². The van der Waals surface area contributed by atoms with Gasteiger partial charge in [-0.15, -0.1) is 0 Å². The van der Waals surface area contributed by atoms with Gasteiger partial charge in [0.15, 0.2) is 0 Å². The molecule has 6 heteroatoms. The Morgan fingerprint density at radius 3 is 1.78 bits per heavy atom. The Bertz CT molecular complexity index is 679. The first-order valence-corrected chi connectivity index (χ1v) is 8.30. The number of carbonyl (C=O) groups is 1. The monoisotopic (exact) mass is 440 g/mol. The number of aliphatic hydroxyl groups excluding tert-OH is 1. The molecular weight excluding hydrogens is 428 g/mol. The molecule has 0 aliphatic heterocycles. The van der Waals surface area contributed by atoms with Crippen LogP contribution in [0.4, 0.5) is 0 Å². The number of benzene rings is 2. The van der Waals surface area contributed by atoms with Gasteiger partial charge in [0.2, 0.25) is 0 Å². The van der Waals surface area contributed by atoms with E-state index in [4.69, 9.17) is 9.47 Å². The minimum absolute atomic E-state index is 0.128. The number of carbonyl (C=O) groups excluding carboxylic acids is 1. The molecule has 120 valence electrons. The number of hydrogen-bond acceptors (Lipinski definition) is 4. The summed E-state index contributed by atoms with van der Waals surface area (Å²) < 4.78 is 12.0. The molecule has 1 N–H and O–H groups in total. The van der Waals surface area contributed by atoms with E-state index in [1.165, 1.54) is 0 Å². The van der Waals surface area contributed by atoms with Crippen molar-refractivity contribution in [2.75, 3.05) is 0 Å². The third-order valence-corrected chi connectivity index (χ3v) is 3.89. The van der Waals surface area contributed by atoms with Crippen LogP contribution in [0.5, 0.6) is 0 Å². The van der Waals surface area contributed by atoms with Crippen molar-refractivity contribution in [2.45, 2.75) is 13.2 Å². The van der Waals surface area contributed by atoms with Crippen molar-refractivity contribution in [2.24, 2.45) is 0 Å². The highest BCUT2D eigenvalue weighted by atomic mass is 79.9. The summed E-state index contributed by atoms with van der Waals surface area (Å²) in [5.74, 6) is -1.14. The fraction of sp³-hybridized carbons (Fsp3) is 0.118. The molecule has 0 saturated carbocycles. The van der Waals surface area contributed by atoms with Gasteiger partial charge in [-0.3, -0.25) is 0 Å². The van der Waals surface area contributed by atoms with Crippen LogP contribution in [0.25, 0.3) is 0 Å². The summed E-state index contributed by atoms with van der Waals surface area (Å²) in [6, 6.07) is 14.8. The number of esters is 1. The largest absolute Gasteiger partial charge is 0.481 e. The Balaban J connectivity index is 1.79. The van der Waals surface area contributed by atoms with Crippen LogP contribution in [0.2, 0.25) is 0 Å². The second kappa shape index (κ2) is 8.74. The Labute approximate surface area is 151 Å². The molecule has 0 radical (unpaired) electrons. The zero-order valence-electron chi connectivity index (χ0n) is 12.0. The highest BCUT2D eigenvalue weighted by Crippen LogP contribution is 2.13. The predicted molar refractivity (Wildman–Crippen MR) is 93.6 cm³/mol. The molecule has 0 spiro atoms. The average Bonchev–Trinajstić information content (AvgIpc) is 2.54. The fourth-order valence-corrected chi connectivity index (χ4v) is 2.19. The number of hydrogen-bond donors (Lipinski definition) is 1. The molecule has 23 heavy (non-hydrogen) atoms. The smallest absolute Gasteiger partial charge is 0.338 e. The van der Waals surface area contributed by atoms with Crippen molar-refractivity contribution in [3.63, 3.8) is 0 Å². The molecule has 0 aliphatic rings. The van der Waals surface area contributed by atoms with Crippen molar-refractivity contribution in [1.29, 1.82) is 0 Å². The highest BCUT2D eigenvalue weighted by Gasteiger charge is 2.04. The van der Waals surface area contributed by atoms with Gasteiger partial charge in [0.05, 0.1) is 0 Å². The first-order chi connectivity index (χ1) is 11.0. The Morgan fingerprint density at radius 1 is 0.870 bits per heavy atom. The van der Waals surface area contributed by atoms with Crippen LogP contribution in [-0.2, 0) is 27.5 Å². The van der Waals surface area contributed by atoms with Crippen molar-refractivity contribution in [3.05, 3.63) is 80.6 Å². The van der Waals surface area contributed by atoms with E-state index in [1.54, 1.807) is 0 Å². The standard InChI is InChI=1S/C17H14Br2O4/c18-14-5-1-12(2-6-14)10-22-16(20)9-17(21)23-11-13-3-7-15(19)8-4-13/h1-9,20H,10-11H2. The minimum Gasteiger partial charge on any atom is -0.481 e. The summed E-state index contributed by atoms with van der Waals surface area (Å²) in [6.07, 6.45) is 0.914. The summed E-state index contributed by atoms with van der Waals surface area (Å²) in [5.41, 5.74) is 1.72. The summed E-state index contributed by atoms with van der Waals surface area (Å²) in [5, 5.41) is 9.59. The molecule has 0 aromatic heterocycles. The van der Waals surface area contributed by atoms with Crippen LogP contribution in [0.15, 0.2) is 69.5 Å². The molecule has 2 aromatic rings. The molecule has 0 bridgehead atoms. The lowest BCUT2D eigenvalue weighted by Gasteiger charge is -2.06. The van der Waals surface area contributed by atoms with Crippen LogP contribution < -0.4 is 0 Å². The number of ether oxygens (including phenoxy) is 2. The molecular formula is C17H14Br2O4. The van der Waals surface area contributed by atoms with E-state index in [0.29, 0.717) is 0 Å². The topological polar surface area (TPSA) is 55.8 Å². The number of aliphatic hydroxyl groups is 1. The second-order valence-electron chi connectivity index (χ2n) is 4.63. The van der Waals surface area contributed by atoms with Crippen LogP contribution in [0.1, 0.15) is 11.1 Å². The first kappa shape index (κ1) is 17.6. The van der Waals surface area contributed by atoms with Gasteiger partial charge in [-0.2, -0.15) is 0 Å². The molecule has 0 fully saturated rings. The van der Waals surface area contributed by atoms with E-state index in [9.17, 15) is 9.90 Å². The normalized spacial score (nSPS) is 11.1. The lowest BCUT2D eigenvalue weighted by molar-refractivity contribution is -0.139. The molecule has 0 atom stereocenters. The molecule has 0 amide bonds. The second-order valence-corrected chi connectivity index (χ2v) is 6.46. The fourth-order valence-electron chi connectivity index (χ4n) is 1.66. The van der Waals surface area contributed by atoms with Gasteiger partial charge < -0.3 is 14.6 Å².